The van der Waals surface area contributed by atoms with Crippen molar-refractivity contribution in [3.63, 3.8) is 0 Å². The molecule has 0 bridgehead atoms. The van der Waals surface area contributed by atoms with E-state index in [1.165, 1.54) is 12.8 Å². The SMILES string of the molecule is CCCCCCOC(=O)NC1C(=O)CC1C. The molecule has 2 atom stereocenters. The van der Waals surface area contributed by atoms with E-state index in [4.69, 9.17) is 4.74 Å². The van der Waals surface area contributed by atoms with Gasteiger partial charge < -0.3 is 10.1 Å². The molecule has 1 N–H and O–H groups in total. The zero-order chi connectivity index (χ0) is 12.0. The number of hydrogen-bond donors (Lipinski definition) is 1. The first kappa shape index (κ1) is 13.0. The summed E-state index contributed by atoms with van der Waals surface area (Å²) in [5, 5.41) is 2.60. The predicted molar refractivity (Wildman–Crippen MR) is 61.2 cm³/mol. The first-order valence-corrected chi connectivity index (χ1v) is 6.11. The number of carbonyl (C=O) groups excluding carboxylic acids is 2. The number of carbonyl (C=O) groups is 2. The van der Waals surface area contributed by atoms with Gasteiger partial charge in [-0.3, -0.25) is 4.79 Å². The van der Waals surface area contributed by atoms with Gasteiger partial charge in [0, 0.05) is 6.42 Å². The molecule has 0 aromatic rings. The largest absolute Gasteiger partial charge is 0.450 e. The molecule has 92 valence electrons. The van der Waals surface area contributed by atoms with Gasteiger partial charge >= 0.3 is 6.09 Å². The van der Waals surface area contributed by atoms with Crippen LogP contribution in [0.3, 0.4) is 0 Å². The van der Waals surface area contributed by atoms with Crippen LogP contribution in [-0.2, 0) is 9.53 Å². The van der Waals surface area contributed by atoms with Crippen molar-refractivity contribution in [1.82, 2.24) is 5.32 Å². The Kier molecular flexibility index (Phi) is 5.29. The van der Waals surface area contributed by atoms with Crippen molar-refractivity contribution >= 4 is 11.9 Å². The molecule has 0 heterocycles. The summed E-state index contributed by atoms with van der Waals surface area (Å²) in [6.45, 7) is 4.53. The fourth-order valence-electron chi connectivity index (χ4n) is 1.80. The average Bonchev–Trinajstić information content (AvgIpc) is 2.26. The second kappa shape index (κ2) is 6.51. The smallest absolute Gasteiger partial charge is 0.407 e. The van der Waals surface area contributed by atoms with E-state index in [-0.39, 0.29) is 17.7 Å². The van der Waals surface area contributed by atoms with Crippen molar-refractivity contribution < 1.29 is 14.3 Å². The number of Topliss-reactive ketones (excluding diaryl/α,β-unsaturated/α-hetero) is 1. The van der Waals surface area contributed by atoms with E-state index in [9.17, 15) is 9.59 Å². The molecule has 1 amide bonds. The fourth-order valence-corrected chi connectivity index (χ4v) is 1.80. The molecule has 16 heavy (non-hydrogen) atoms. The minimum absolute atomic E-state index is 0.107. The quantitative estimate of drug-likeness (QED) is 0.708. The Morgan fingerprint density at radius 1 is 1.44 bits per heavy atom. The zero-order valence-corrected chi connectivity index (χ0v) is 10.1. The van der Waals surface area contributed by atoms with Crippen LogP contribution in [0.5, 0.6) is 0 Å². The fraction of sp³-hybridized carbons (Fsp3) is 0.833. The molecule has 1 aliphatic carbocycles. The molecule has 4 nitrogen and oxygen atoms in total. The number of hydrogen-bond acceptors (Lipinski definition) is 3. The van der Waals surface area contributed by atoms with Gasteiger partial charge in [-0.15, -0.1) is 0 Å². The lowest BCUT2D eigenvalue weighted by atomic mass is 9.80. The Morgan fingerprint density at radius 3 is 2.75 bits per heavy atom. The zero-order valence-electron chi connectivity index (χ0n) is 10.1. The second-order valence-electron chi connectivity index (χ2n) is 4.47. The third kappa shape index (κ3) is 3.83. The molecule has 4 heteroatoms. The van der Waals surface area contributed by atoms with Gasteiger partial charge in [-0.05, 0) is 12.3 Å². The van der Waals surface area contributed by atoms with Crippen LogP contribution in [0.4, 0.5) is 4.79 Å². The van der Waals surface area contributed by atoms with Crippen LogP contribution in [0.1, 0.15) is 46.0 Å². The summed E-state index contributed by atoms with van der Waals surface area (Å²) in [4.78, 5) is 22.4. The van der Waals surface area contributed by atoms with Gasteiger partial charge in [0.15, 0.2) is 5.78 Å². The molecule has 1 rings (SSSR count). The Balaban J connectivity index is 2.05. The van der Waals surface area contributed by atoms with Crippen molar-refractivity contribution in [2.45, 2.75) is 52.0 Å². The highest BCUT2D eigenvalue weighted by molar-refractivity contribution is 5.93. The number of nitrogens with one attached hydrogen (secondary N) is 1. The molecule has 2 unspecified atom stereocenters. The van der Waals surface area contributed by atoms with Gasteiger partial charge in [0.25, 0.3) is 0 Å². The van der Waals surface area contributed by atoms with Crippen molar-refractivity contribution in [2.24, 2.45) is 5.92 Å². The van der Waals surface area contributed by atoms with Crippen LogP contribution in [0.25, 0.3) is 0 Å². The Morgan fingerprint density at radius 2 is 2.19 bits per heavy atom. The first-order chi connectivity index (χ1) is 7.65. The highest BCUT2D eigenvalue weighted by Gasteiger charge is 2.37. The van der Waals surface area contributed by atoms with E-state index in [2.05, 4.69) is 12.2 Å². The number of unbranched alkanes of at least 4 members (excludes halogenated alkanes) is 3. The van der Waals surface area contributed by atoms with Crippen LogP contribution >= 0.6 is 0 Å². The van der Waals surface area contributed by atoms with Crippen molar-refractivity contribution in [3.8, 4) is 0 Å². The van der Waals surface area contributed by atoms with E-state index in [0.29, 0.717) is 13.0 Å². The molecule has 0 saturated heterocycles. The van der Waals surface area contributed by atoms with Crippen LogP contribution < -0.4 is 5.32 Å². The lowest BCUT2D eigenvalue weighted by molar-refractivity contribution is -0.129. The topological polar surface area (TPSA) is 55.4 Å². The second-order valence-corrected chi connectivity index (χ2v) is 4.47. The normalized spacial score (nSPS) is 23.8. The summed E-state index contributed by atoms with van der Waals surface area (Å²) in [5.41, 5.74) is 0. The maximum absolute atomic E-state index is 11.3. The predicted octanol–water partition coefficient (Wildman–Crippen LogP) is 2.27. The number of amides is 1. The van der Waals surface area contributed by atoms with Gasteiger partial charge in [0.05, 0.1) is 12.6 Å². The lowest BCUT2D eigenvalue weighted by Gasteiger charge is -2.32. The molecule has 0 aliphatic heterocycles. The monoisotopic (exact) mass is 227 g/mol. The molecule has 1 saturated carbocycles. The number of ketones is 1. The summed E-state index contributed by atoms with van der Waals surface area (Å²) >= 11 is 0. The van der Waals surface area contributed by atoms with E-state index in [1.807, 2.05) is 6.92 Å². The molecule has 1 fully saturated rings. The maximum Gasteiger partial charge on any atom is 0.407 e. The molecule has 0 aromatic heterocycles. The number of ether oxygens (including phenoxy) is 1. The Bertz CT molecular complexity index is 253. The maximum atomic E-state index is 11.3. The third-order valence-corrected chi connectivity index (χ3v) is 2.94. The first-order valence-electron chi connectivity index (χ1n) is 6.11. The van der Waals surface area contributed by atoms with Crippen molar-refractivity contribution in [3.05, 3.63) is 0 Å². The summed E-state index contributed by atoms with van der Waals surface area (Å²) < 4.78 is 4.99. The van der Waals surface area contributed by atoms with Gasteiger partial charge in [0.1, 0.15) is 0 Å². The molecular formula is C12H21NO3. The van der Waals surface area contributed by atoms with Crippen LogP contribution in [-0.4, -0.2) is 24.5 Å². The van der Waals surface area contributed by atoms with Gasteiger partial charge in [-0.1, -0.05) is 33.1 Å². The van der Waals surface area contributed by atoms with Gasteiger partial charge in [0.2, 0.25) is 0 Å². The summed E-state index contributed by atoms with van der Waals surface area (Å²) in [7, 11) is 0. The van der Waals surface area contributed by atoms with E-state index < -0.39 is 6.09 Å². The minimum Gasteiger partial charge on any atom is -0.450 e. The highest BCUT2D eigenvalue weighted by atomic mass is 16.5. The number of alkyl carbamates (subject to hydrolysis) is 1. The molecule has 0 aromatic carbocycles. The van der Waals surface area contributed by atoms with E-state index in [0.717, 1.165) is 12.8 Å². The molecule has 0 spiro atoms. The molecule has 0 radical (unpaired) electrons. The van der Waals surface area contributed by atoms with Crippen LogP contribution in [0, 0.1) is 5.92 Å². The summed E-state index contributed by atoms with van der Waals surface area (Å²) in [6, 6.07) is -0.317. The molecule has 1 aliphatic rings. The van der Waals surface area contributed by atoms with Crippen molar-refractivity contribution in [2.75, 3.05) is 6.61 Å². The minimum atomic E-state index is -0.457. The summed E-state index contributed by atoms with van der Waals surface area (Å²) in [5.74, 6) is 0.357. The van der Waals surface area contributed by atoms with Crippen molar-refractivity contribution in [1.29, 1.82) is 0 Å². The summed E-state index contributed by atoms with van der Waals surface area (Å²) in [6.07, 6.45) is 4.43. The van der Waals surface area contributed by atoms with Crippen LogP contribution in [0.2, 0.25) is 0 Å². The van der Waals surface area contributed by atoms with Crippen LogP contribution in [0.15, 0.2) is 0 Å². The van der Waals surface area contributed by atoms with E-state index in [1.54, 1.807) is 0 Å². The lowest BCUT2D eigenvalue weighted by Crippen LogP contribution is -2.53. The highest BCUT2D eigenvalue weighted by Crippen LogP contribution is 2.22. The average molecular weight is 227 g/mol. The Hall–Kier alpha value is -1.06. The van der Waals surface area contributed by atoms with Gasteiger partial charge in [-0.2, -0.15) is 0 Å². The Labute approximate surface area is 96.7 Å². The molecular weight excluding hydrogens is 206 g/mol. The third-order valence-electron chi connectivity index (χ3n) is 2.94. The van der Waals surface area contributed by atoms with E-state index >= 15 is 0 Å². The number of rotatable bonds is 6. The standard InChI is InChI=1S/C12H21NO3/c1-3-4-5-6-7-16-12(15)13-11-9(2)8-10(11)14/h9,11H,3-8H2,1-2H3,(H,13,15). The van der Waals surface area contributed by atoms with Gasteiger partial charge in [-0.25, -0.2) is 4.79 Å².